The lowest BCUT2D eigenvalue weighted by molar-refractivity contribution is 1.33. The number of thiophene rings is 1. The first kappa shape index (κ1) is 8.34. The molecule has 1 aliphatic rings. The van der Waals surface area contributed by atoms with Gasteiger partial charge in [0.2, 0.25) is 0 Å². The minimum Gasteiger partial charge on any atom is -0.148 e. The lowest BCUT2D eigenvalue weighted by Gasteiger charge is -1.94. The number of terminal acetylenes is 1. The van der Waals surface area contributed by atoms with Gasteiger partial charge in [-0.05, 0) is 29.5 Å². The third kappa shape index (κ3) is 1.24. The van der Waals surface area contributed by atoms with Crippen molar-refractivity contribution in [1.82, 2.24) is 0 Å². The second-order valence-corrected chi connectivity index (χ2v) is 3.97. The van der Waals surface area contributed by atoms with Crippen LogP contribution in [0.2, 0.25) is 0 Å². The molecule has 0 unspecified atom stereocenters. The highest BCUT2D eigenvalue weighted by Crippen LogP contribution is 2.36. The van der Waals surface area contributed by atoms with Crippen LogP contribution in [0.15, 0.2) is 29.2 Å². The molecule has 0 N–H and O–H groups in total. The summed E-state index contributed by atoms with van der Waals surface area (Å²) in [5, 5.41) is 2.13. The van der Waals surface area contributed by atoms with Gasteiger partial charge in [-0.25, -0.2) is 0 Å². The summed E-state index contributed by atoms with van der Waals surface area (Å²) in [6, 6.07) is 2.15. The molecule has 1 aromatic rings. The van der Waals surface area contributed by atoms with Gasteiger partial charge in [-0.2, -0.15) is 0 Å². The fourth-order valence-electron chi connectivity index (χ4n) is 1.62. The Morgan fingerprint density at radius 2 is 2.46 bits per heavy atom. The molecular formula is C12H10S. The number of fused-ring (bicyclic) bond motifs is 1. The monoisotopic (exact) mass is 186 g/mol. The van der Waals surface area contributed by atoms with E-state index in [9.17, 15) is 0 Å². The van der Waals surface area contributed by atoms with Crippen LogP contribution >= 0.6 is 11.3 Å². The van der Waals surface area contributed by atoms with Crippen molar-refractivity contribution in [2.24, 2.45) is 0 Å². The van der Waals surface area contributed by atoms with E-state index in [1.807, 2.05) is 13.0 Å². The fourth-order valence-corrected chi connectivity index (χ4v) is 2.52. The largest absolute Gasteiger partial charge is 0.148 e. The van der Waals surface area contributed by atoms with Crippen molar-refractivity contribution in [3.8, 4) is 12.3 Å². The molecule has 64 valence electrons. The summed E-state index contributed by atoms with van der Waals surface area (Å²) in [7, 11) is 0. The van der Waals surface area contributed by atoms with E-state index in [-0.39, 0.29) is 0 Å². The Kier molecular flexibility index (Phi) is 2.08. The van der Waals surface area contributed by atoms with Crippen molar-refractivity contribution in [2.75, 3.05) is 0 Å². The van der Waals surface area contributed by atoms with Crippen LogP contribution in [0.5, 0.6) is 0 Å². The average molecular weight is 186 g/mol. The molecule has 1 heterocycles. The Hall–Kier alpha value is -1.26. The van der Waals surface area contributed by atoms with Gasteiger partial charge in [0, 0.05) is 16.9 Å². The molecule has 0 fully saturated rings. The Morgan fingerprint density at radius 1 is 1.62 bits per heavy atom. The fraction of sp³-hybridized carbons (Fsp3) is 0.167. The van der Waals surface area contributed by atoms with Gasteiger partial charge in [0.1, 0.15) is 0 Å². The molecule has 2 rings (SSSR count). The van der Waals surface area contributed by atoms with E-state index >= 15 is 0 Å². The number of hydrogen-bond donors (Lipinski definition) is 0. The zero-order chi connectivity index (χ0) is 9.26. The van der Waals surface area contributed by atoms with Crippen molar-refractivity contribution in [3.63, 3.8) is 0 Å². The van der Waals surface area contributed by atoms with E-state index in [4.69, 9.17) is 6.42 Å². The van der Waals surface area contributed by atoms with Gasteiger partial charge in [0.05, 0.1) is 0 Å². The Labute approximate surface area is 82.6 Å². The van der Waals surface area contributed by atoms with Crippen molar-refractivity contribution in [2.45, 2.75) is 13.3 Å². The van der Waals surface area contributed by atoms with E-state index < -0.39 is 0 Å². The molecule has 0 amide bonds. The van der Waals surface area contributed by atoms with Gasteiger partial charge in [0.25, 0.3) is 0 Å². The molecule has 1 heteroatoms. The molecule has 0 nitrogen and oxygen atoms in total. The number of allylic oxidation sites excluding steroid dienone is 4. The summed E-state index contributed by atoms with van der Waals surface area (Å²) in [5.74, 6) is 2.77. The van der Waals surface area contributed by atoms with Crippen molar-refractivity contribution in [1.29, 1.82) is 0 Å². The maximum absolute atomic E-state index is 5.46. The Bertz CT molecular complexity index is 424. The molecule has 0 radical (unpaired) electrons. The van der Waals surface area contributed by atoms with Gasteiger partial charge in [-0.3, -0.25) is 0 Å². The summed E-state index contributed by atoms with van der Waals surface area (Å²) in [6.45, 7) is 2.02. The van der Waals surface area contributed by atoms with E-state index in [2.05, 4.69) is 23.4 Å². The smallest absolute Gasteiger partial charge is 0.0174 e. The van der Waals surface area contributed by atoms with Crippen LogP contribution in [-0.2, 0) is 6.42 Å². The second kappa shape index (κ2) is 3.24. The maximum Gasteiger partial charge on any atom is 0.0174 e. The highest BCUT2D eigenvalue weighted by atomic mass is 32.1. The van der Waals surface area contributed by atoms with Gasteiger partial charge in [0.15, 0.2) is 0 Å². The highest BCUT2D eigenvalue weighted by Gasteiger charge is 2.18. The third-order valence-corrected chi connectivity index (χ3v) is 3.13. The SMILES string of the molecule is C#CC1=C(/C=C\C)c2ccsc2C1. The van der Waals surface area contributed by atoms with E-state index in [0.717, 1.165) is 12.0 Å². The molecule has 13 heavy (non-hydrogen) atoms. The normalized spacial score (nSPS) is 15.1. The zero-order valence-electron chi connectivity index (χ0n) is 7.50. The first-order valence-corrected chi connectivity index (χ1v) is 5.14. The Morgan fingerprint density at radius 3 is 3.15 bits per heavy atom. The lowest BCUT2D eigenvalue weighted by atomic mass is 10.1. The predicted molar refractivity (Wildman–Crippen MR) is 58.6 cm³/mol. The van der Waals surface area contributed by atoms with Gasteiger partial charge in [-0.15, -0.1) is 17.8 Å². The molecule has 0 spiro atoms. The van der Waals surface area contributed by atoms with Crippen LogP contribution in [-0.4, -0.2) is 0 Å². The number of rotatable bonds is 1. The van der Waals surface area contributed by atoms with E-state index in [1.54, 1.807) is 11.3 Å². The summed E-state index contributed by atoms with van der Waals surface area (Å²) >= 11 is 1.79. The standard InChI is InChI=1S/C12H10S/c1-3-5-10-9(4-2)8-12-11(10)6-7-13-12/h2-3,5-7H,8H2,1H3/b5-3-. The predicted octanol–water partition coefficient (Wildman–Crippen LogP) is 3.27. The summed E-state index contributed by atoms with van der Waals surface area (Å²) in [5.41, 5.74) is 3.69. The molecule has 0 saturated heterocycles. The average Bonchev–Trinajstić information content (AvgIpc) is 2.67. The molecule has 0 bridgehead atoms. The second-order valence-electron chi connectivity index (χ2n) is 2.97. The molecule has 0 aliphatic heterocycles. The summed E-state index contributed by atoms with van der Waals surface area (Å²) in [6.07, 6.45) is 10.5. The molecule has 0 aromatic carbocycles. The van der Waals surface area contributed by atoms with Crippen molar-refractivity contribution in [3.05, 3.63) is 39.6 Å². The van der Waals surface area contributed by atoms with Crippen LogP contribution in [0, 0.1) is 12.3 Å². The molecular weight excluding hydrogens is 176 g/mol. The van der Waals surface area contributed by atoms with Crippen LogP contribution in [0.1, 0.15) is 17.4 Å². The molecule has 0 saturated carbocycles. The van der Waals surface area contributed by atoms with Crippen LogP contribution < -0.4 is 0 Å². The number of hydrogen-bond acceptors (Lipinski definition) is 1. The maximum atomic E-state index is 5.46. The molecule has 1 aliphatic carbocycles. The van der Waals surface area contributed by atoms with Crippen LogP contribution in [0.3, 0.4) is 0 Å². The lowest BCUT2D eigenvalue weighted by Crippen LogP contribution is -1.77. The summed E-state index contributed by atoms with van der Waals surface area (Å²) < 4.78 is 0. The Balaban J connectivity index is 2.55. The molecule has 1 aromatic heterocycles. The highest BCUT2D eigenvalue weighted by molar-refractivity contribution is 7.10. The van der Waals surface area contributed by atoms with Crippen molar-refractivity contribution < 1.29 is 0 Å². The van der Waals surface area contributed by atoms with Gasteiger partial charge < -0.3 is 0 Å². The topological polar surface area (TPSA) is 0 Å². The van der Waals surface area contributed by atoms with E-state index in [1.165, 1.54) is 16.0 Å². The molecule has 0 atom stereocenters. The first-order valence-electron chi connectivity index (χ1n) is 4.26. The zero-order valence-corrected chi connectivity index (χ0v) is 8.32. The van der Waals surface area contributed by atoms with E-state index in [0.29, 0.717) is 0 Å². The third-order valence-electron chi connectivity index (χ3n) is 2.21. The minimum atomic E-state index is 0.948. The minimum absolute atomic E-state index is 0.948. The van der Waals surface area contributed by atoms with Crippen LogP contribution in [0.4, 0.5) is 0 Å². The van der Waals surface area contributed by atoms with Gasteiger partial charge >= 0.3 is 0 Å². The van der Waals surface area contributed by atoms with Crippen LogP contribution in [0.25, 0.3) is 5.57 Å². The van der Waals surface area contributed by atoms with Gasteiger partial charge in [-0.1, -0.05) is 18.1 Å². The van der Waals surface area contributed by atoms with Crippen molar-refractivity contribution >= 4 is 16.9 Å². The quantitative estimate of drug-likeness (QED) is 0.590. The summed E-state index contributed by atoms with van der Waals surface area (Å²) in [4.78, 5) is 1.40. The first-order chi connectivity index (χ1) is 6.36.